The van der Waals surface area contributed by atoms with Crippen LogP contribution in [0.2, 0.25) is 0 Å². The molecular weight excluding hydrogens is 709 g/mol. The maximum atomic E-state index is 14.3. The van der Waals surface area contributed by atoms with Gasteiger partial charge in [-0.15, -0.1) is 0 Å². The lowest BCUT2D eigenvalue weighted by molar-refractivity contribution is -0.139. The van der Waals surface area contributed by atoms with E-state index >= 15 is 0 Å². The highest BCUT2D eigenvalue weighted by molar-refractivity contribution is 6.08. The first-order chi connectivity index (χ1) is 27.2. The Balaban J connectivity index is 1.22. The summed E-state index contributed by atoms with van der Waals surface area (Å²) in [6, 6.07) is 29.6. The fourth-order valence-electron chi connectivity index (χ4n) is 7.61. The summed E-state index contributed by atoms with van der Waals surface area (Å²) >= 11 is 0. The van der Waals surface area contributed by atoms with Crippen LogP contribution in [-0.4, -0.2) is 76.9 Å². The van der Waals surface area contributed by atoms with E-state index < -0.39 is 23.5 Å². The van der Waals surface area contributed by atoms with E-state index in [1.54, 1.807) is 45.9 Å². The third kappa shape index (κ3) is 8.71. The van der Waals surface area contributed by atoms with Crippen molar-refractivity contribution in [3.8, 4) is 5.75 Å². The van der Waals surface area contributed by atoms with Crippen molar-refractivity contribution in [1.82, 2.24) is 10.2 Å². The van der Waals surface area contributed by atoms with Gasteiger partial charge in [-0.2, -0.15) is 0 Å². The minimum atomic E-state index is -1.88. The number of benzene rings is 4. The molecular formula is C45H52N4O7. The summed E-state index contributed by atoms with van der Waals surface area (Å²) in [7, 11) is 0. The van der Waals surface area contributed by atoms with Crippen LogP contribution >= 0.6 is 0 Å². The highest BCUT2D eigenvalue weighted by Gasteiger charge is 2.52. The molecule has 3 amide bonds. The molecule has 56 heavy (non-hydrogen) atoms. The molecule has 4 N–H and O–H groups in total. The van der Waals surface area contributed by atoms with Gasteiger partial charge in [-0.3, -0.25) is 19.3 Å². The molecule has 3 atom stereocenters. The first-order valence-corrected chi connectivity index (χ1v) is 19.5. The number of hydrogen-bond donors (Lipinski definition) is 4. The number of nitrogens with zero attached hydrogens (tertiary/aromatic N) is 3. The van der Waals surface area contributed by atoms with Gasteiger partial charge in [0.2, 0.25) is 11.8 Å². The van der Waals surface area contributed by atoms with Crippen molar-refractivity contribution < 1.29 is 34.4 Å². The van der Waals surface area contributed by atoms with Gasteiger partial charge in [0.1, 0.15) is 5.75 Å². The van der Waals surface area contributed by atoms with Crippen LogP contribution in [0.4, 0.5) is 17.1 Å². The van der Waals surface area contributed by atoms with Crippen molar-refractivity contribution in [2.45, 2.75) is 64.3 Å². The van der Waals surface area contributed by atoms with Gasteiger partial charge in [0.05, 0.1) is 37.2 Å². The molecule has 4 aromatic carbocycles. The Labute approximate surface area is 328 Å². The van der Waals surface area contributed by atoms with Gasteiger partial charge in [-0.1, -0.05) is 79.7 Å². The molecule has 0 aliphatic carbocycles. The van der Waals surface area contributed by atoms with E-state index in [4.69, 9.17) is 4.74 Å². The standard InChI is InChI=1S/C45H52N4O7/c1-3-56-37-21-22-40-35(28-37)29-39(46-23-9-10-25-50)43(53)49(40)36-17-12-16-34(27-36)31-48-41-19-8-7-18-38(41)45(55,44(48)54)32(2)13-11-20-42(52)47(24-26-51)30-33-14-5-4-6-15-33/h4-8,11-19,21-22,27-28,32,39,46,50-51,55H,3,9-10,20,23-26,29-31H2,1-2H3/b13-11+/t32-,39?,45+/m1/s1. The molecule has 0 spiro atoms. The number of rotatable bonds is 18. The van der Waals surface area contributed by atoms with Crippen LogP contribution < -0.4 is 19.9 Å². The summed E-state index contributed by atoms with van der Waals surface area (Å²) in [5.74, 6) is -0.695. The van der Waals surface area contributed by atoms with E-state index in [1.165, 1.54) is 0 Å². The Morgan fingerprint density at radius 2 is 1.71 bits per heavy atom. The fraction of sp³-hybridized carbons (Fsp3) is 0.356. The monoisotopic (exact) mass is 760 g/mol. The van der Waals surface area contributed by atoms with Gasteiger partial charge >= 0.3 is 0 Å². The van der Waals surface area contributed by atoms with Crippen LogP contribution in [0.25, 0.3) is 0 Å². The lowest BCUT2D eigenvalue weighted by Gasteiger charge is -2.35. The second-order valence-corrected chi connectivity index (χ2v) is 14.3. The Morgan fingerprint density at radius 3 is 2.48 bits per heavy atom. The molecule has 4 aromatic rings. The molecule has 294 valence electrons. The Bertz CT molecular complexity index is 2020. The zero-order valence-corrected chi connectivity index (χ0v) is 32.1. The number of ether oxygens (including phenoxy) is 1. The third-order valence-corrected chi connectivity index (χ3v) is 10.5. The molecule has 0 fully saturated rings. The number of carbonyl (C=O) groups excluding carboxylic acids is 3. The summed E-state index contributed by atoms with van der Waals surface area (Å²) < 4.78 is 5.79. The normalized spacial score (nSPS) is 18.3. The first kappa shape index (κ1) is 40.3. The number of para-hydroxylation sites is 1. The van der Waals surface area contributed by atoms with Crippen molar-refractivity contribution in [1.29, 1.82) is 0 Å². The molecule has 1 unspecified atom stereocenters. The lowest BCUT2D eigenvalue weighted by Crippen LogP contribution is -2.49. The number of fused-ring (bicyclic) bond motifs is 2. The molecule has 11 nitrogen and oxygen atoms in total. The lowest BCUT2D eigenvalue weighted by atomic mass is 9.83. The topological polar surface area (TPSA) is 143 Å². The quantitative estimate of drug-likeness (QED) is 0.0784. The number of nitrogens with one attached hydrogen (secondary N) is 1. The van der Waals surface area contributed by atoms with Crippen LogP contribution in [0.5, 0.6) is 5.75 Å². The van der Waals surface area contributed by atoms with E-state index in [1.807, 2.05) is 91.9 Å². The summed E-state index contributed by atoms with van der Waals surface area (Å²) in [4.78, 5) is 46.5. The molecule has 2 aliphatic heterocycles. The van der Waals surface area contributed by atoms with Gasteiger partial charge in [-0.05, 0) is 85.8 Å². The fourth-order valence-corrected chi connectivity index (χ4v) is 7.61. The number of aliphatic hydroxyl groups excluding tert-OH is 2. The summed E-state index contributed by atoms with van der Waals surface area (Å²) in [6.07, 6.45) is 5.32. The maximum Gasteiger partial charge on any atom is 0.264 e. The van der Waals surface area contributed by atoms with Gasteiger partial charge in [0.25, 0.3) is 5.91 Å². The Kier molecular flexibility index (Phi) is 13.4. The van der Waals surface area contributed by atoms with Crippen molar-refractivity contribution in [2.75, 3.05) is 42.7 Å². The molecule has 0 aromatic heterocycles. The number of unbranched alkanes of at least 4 members (excludes halogenated alkanes) is 1. The highest BCUT2D eigenvalue weighted by Crippen LogP contribution is 2.46. The molecule has 11 heteroatoms. The van der Waals surface area contributed by atoms with Crippen LogP contribution in [-0.2, 0) is 39.5 Å². The summed E-state index contributed by atoms with van der Waals surface area (Å²) in [6.45, 7) is 5.45. The Hall–Kier alpha value is -5.33. The van der Waals surface area contributed by atoms with Crippen molar-refractivity contribution in [2.24, 2.45) is 5.92 Å². The minimum absolute atomic E-state index is 0.0456. The molecule has 0 radical (unpaired) electrons. The minimum Gasteiger partial charge on any atom is -0.494 e. The maximum absolute atomic E-state index is 14.3. The molecule has 2 heterocycles. The smallest absolute Gasteiger partial charge is 0.264 e. The third-order valence-electron chi connectivity index (χ3n) is 10.5. The number of amides is 3. The van der Waals surface area contributed by atoms with Crippen LogP contribution in [0, 0.1) is 5.92 Å². The van der Waals surface area contributed by atoms with E-state index in [2.05, 4.69) is 5.32 Å². The summed E-state index contributed by atoms with van der Waals surface area (Å²) in [5.41, 5.74) is 3.30. The van der Waals surface area contributed by atoms with Crippen LogP contribution in [0.15, 0.2) is 109 Å². The average molecular weight is 761 g/mol. The molecule has 0 bridgehead atoms. The highest BCUT2D eigenvalue weighted by atomic mass is 16.5. The second-order valence-electron chi connectivity index (χ2n) is 14.3. The van der Waals surface area contributed by atoms with Crippen LogP contribution in [0.1, 0.15) is 55.4 Å². The molecule has 2 aliphatic rings. The predicted octanol–water partition coefficient (Wildman–Crippen LogP) is 5.37. The van der Waals surface area contributed by atoms with E-state index in [-0.39, 0.29) is 44.5 Å². The van der Waals surface area contributed by atoms with E-state index in [9.17, 15) is 29.7 Å². The molecule has 0 saturated carbocycles. The molecule has 0 saturated heterocycles. The first-order valence-electron chi connectivity index (χ1n) is 19.5. The summed E-state index contributed by atoms with van der Waals surface area (Å²) in [5, 5.41) is 34.5. The number of anilines is 3. The van der Waals surface area contributed by atoms with E-state index in [0.29, 0.717) is 49.5 Å². The van der Waals surface area contributed by atoms with Gasteiger partial charge < -0.3 is 35.2 Å². The molecule has 6 rings (SSSR count). The van der Waals surface area contributed by atoms with Crippen LogP contribution in [0.3, 0.4) is 0 Å². The van der Waals surface area contributed by atoms with Gasteiger partial charge in [0.15, 0.2) is 5.60 Å². The number of hydrogen-bond acceptors (Lipinski definition) is 8. The van der Waals surface area contributed by atoms with Crippen molar-refractivity contribution in [3.05, 3.63) is 131 Å². The Morgan fingerprint density at radius 1 is 0.946 bits per heavy atom. The van der Waals surface area contributed by atoms with Crippen molar-refractivity contribution in [3.63, 3.8) is 0 Å². The number of carbonyl (C=O) groups is 3. The van der Waals surface area contributed by atoms with E-state index in [0.717, 1.165) is 34.5 Å². The zero-order valence-electron chi connectivity index (χ0n) is 32.1. The number of aliphatic hydroxyl groups is 3. The predicted molar refractivity (Wildman–Crippen MR) is 216 cm³/mol. The second kappa shape index (κ2) is 18.5. The average Bonchev–Trinajstić information content (AvgIpc) is 3.42. The largest absolute Gasteiger partial charge is 0.494 e. The zero-order chi connectivity index (χ0) is 39.7. The van der Waals surface area contributed by atoms with Gasteiger partial charge in [0, 0.05) is 43.3 Å². The SMILES string of the molecule is CCOc1ccc2c(c1)CC(NCCCCO)C(=O)N2c1cccc(CN2C(=O)[C@](O)([C@H](C)/C=C/CC(=O)N(CCO)Cc3ccccc3)c3ccccc32)c1. The van der Waals surface area contributed by atoms with Gasteiger partial charge in [-0.25, -0.2) is 0 Å². The van der Waals surface area contributed by atoms with Crippen molar-refractivity contribution >= 4 is 34.8 Å².